The molecule has 18 heavy (non-hydrogen) atoms. The van der Waals surface area contributed by atoms with Crippen LogP contribution in [0.3, 0.4) is 0 Å². The van der Waals surface area contributed by atoms with Crippen molar-refractivity contribution in [2.24, 2.45) is 0 Å². The summed E-state index contributed by atoms with van der Waals surface area (Å²) < 4.78 is 6.79. The normalized spacial score (nSPS) is 10.6. The van der Waals surface area contributed by atoms with Crippen LogP contribution in [0.25, 0.3) is 0 Å². The van der Waals surface area contributed by atoms with E-state index in [1.54, 1.807) is 11.3 Å². The van der Waals surface area contributed by atoms with Gasteiger partial charge in [-0.25, -0.2) is 0 Å². The first-order valence-electron chi connectivity index (χ1n) is 5.86. The van der Waals surface area contributed by atoms with Crippen LogP contribution in [-0.2, 0) is 13.0 Å². The van der Waals surface area contributed by atoms with Crippen molar-refractivity contribution in [2.75, 3.05) is 13.7 Å². The van der Waals surface area contributed by atoms with E-state index in [1.165, 1.54) is 11.1 Å². The molecule has 1 N–H and O–H groups in total. The molecule has 0 bridgehead atoms. The number of hydrogen-bond acceptors (Lipinski definition) is 3. The molecule has 0 fully saturated rings. The van der Waals surface area contributed by atoms with Gasteiger partial charge in [0.25, 0.3) is 0 Å². The van der Waals surface area contributed by atoms with E-state index in [9.17, 15) is 0 Å². The molecule has 1 heterocycles. The molecular formula is C14H16BrNOS. The molecular weight excluding hydrogens is 310 g/mol. The second kappa shape index (κ2) is 6.92. The number of rotatable bonds is 6. The van der Waals surface area contributed by atoms with Gasteiger partial charge in [0.05, 0.1) is 11.1 Å². The molecule has 0 saturated carbocycles. The standard InChI is InChI=1S/C14H16BrNOS/c1-16-9-12-2-3-14(13(15)8-12)17-6-4-11-5-7-18-10-11/h2-3,5,7-8,10,16H,4,6,9H2,1H3. The lowest BCUT2D eigenvalue weighted by Gasteiger charge is -2.09. The lowest BCUT2D eigenvalue weighted by atomic mass is 10.2. The van der Waals surface area contributed by atoms with Crippen LogP contribution in [0.15, 0.2) is 39.5 Å². The van der Waals surface area contributed by atoms with Crippen LogP contribution in [0.2, 0.25) is 0 Å². The molecule has 96 valence electrons. The Bertz CT molecular complexity index is 485. The first-order valence-corrected chi connectivity index (χ1v) is 7.60. The third kappa shape index (κ3) is 3.83. The van der Waals surface area contributed by atoms with Crippen LogP contribution < -0.4 is 10.1 Å². The smallest absolute Gasteiger partial charge is 0.133 e. The Labute approximate surface area is 120 Å². The van der Waals surface area contributed by atoms with Crippen LogP contribution in [0.5, 0.6) is 5.75 Å². The highest BCUT2D eigenvalue weighted by Gasteiger charge is 2.03. The van der Waals surface area contributed by atoms with Crippen LogP contribution in [-0.4, -0.2) is 13.7 Å². The summed E-state index contributed by atoms with van der Waals surface area (Å²) in [6.07, 6.45) is 0.953. The molecule has 0 unspecified atom stereocenters. The van der Waals surface area contributed by atoms with Crippen molar-refractivity contribution in [3.63, 3.8) is 0 Å². The first kappa shape index (κ1) is 13.6. The Hall–Kier alpha value is -0.840. The fourth-order valence-corrected chi connectivity index (χ4v) is 2.93. The third-order valence-electron chi connectivity index (χ3n) is 2.61. The highest BCUT2D eigenvalue weighted by Crippen LogP contribution is 2.26. The van der Waals surface area contributed by atoms with Crippen LogP contribution in [0.1, 0.15) is 11.1 Å². The van der Waals surface area contributed by atoms with Crippen molar-refractivity contribution in [1.29, 1.82) is 0 Å². The van der Waals surface area contributed by atoms with Crippen molar-refractivity contribution in [2.45, 2.75) is 13.0 Å². The molecule has 0 aliphatic carbocycles. The van der Waals surface area contributed by atoms with Crippen molar-refractivity contribution in [3.05, 3.63) is 50.6 Å². The van der Waals surface area contributed by atoms with E-state index in [0.717, 1.165) is 23.2 Å². The first-order chi connectivity index (χ1) is 8.79. The Morgan fingerprint density at radius 2 is 2.17 bits per heavy atom. The van der Waals surface area contributed by atoms with Gasteiger partial charge in [0.15, 0.2) is 0 Å². The molecule has 2 nitrogen and oxygen atoms in total. The number of halogens is 1. The van der Waals surface area contributed by atoms with Gasteiger partial charge >= 0.3 is 0 Å². The topological polar surface area (TPSA) is 21.3 Å². The van der Waals surface area contributed by atoms with Gasteiger partial charge in [-0.3, -0.25) is 0 Å². The third-order valence-corrected chi connectivity index (χ3v) is 3.96. The monoisotopic (exact) mass is 325 g/mol. The molecule has 2 rings (SSSR count). The van der Waals surface area contributed by atoms with Gasteiger partial charge in [0.2, 0.25) is 0 Å². The van der Waals surface area contributed by atoms with E-state index in [0.29, 0.717) is 6.61 Å². The zero-order chi connectivity index (χ0) is 12.8. The summed E-state index contributed by atoms with van der Waals surface area (Å²) >= 11 is 5.27. The molecule has 2 aromatic rings. The van der Waals surface area contributed by atoms with E-state index in [1.807, 2.05) is 13.1 Å². The molecule has 0 aliphatic rings. The Morgan fingerprint density at radius 3 is 2.83 bits per heavy atom. The average Bonchev–Trinajstić information content (AvgIpc) is 2.85. The summed E-state index contributed by atoms with van der Waals surface area (Å²) in [4.78, 5) is 0. The zero-order valence-electron chi connectivity index (χ0n) is 10.3. The Balaban J connectivity index is 1.89. The quantitative estimate of drug-likeness (QED) is 0.871. The molecule has 0 spiro atoms. The fraction of sp³-hybridized carbons (Fsp3) is 0.286. The summed E-state index contributed by atoms with van der Waals surface area (Å²) in [6.45, 7) is 1.58. The summed E-state index contributed by atoms with van der Waals surface area (Å²) in [5, 5.41) is 7.39. The maximum atomic E-state index is 5.78. The van der Waals surface area contributed by atoms with Crippen LogP contribution >= 0.6 is 27.3 Å². The summed E-state index contributed by atoms with van der Waals surface area (Å²) in [5.41, 5.74) is 2.58. The SMILES string of the molecule is CNCc1ccc(OCCc2ccsc2)c(Br)c1. The van der Waals surface area contributed by atoms with Gasteiger partial charge in [-0.15, -0.1) is 0 Å². The highest BCUT2D eigenvalue weighted by molar-refractivity contribution is 9.10. The predicted octanol–water partition coefficient (Wildman–Crippen LogP) is 3.85. The summed E-state index contributed by atoms with van der Waals surface area (Å²) in [5.74, 6) is 0.907. The molecule has 0 radical (unpaired) electrons. The zero-order valence-corrected chi connectivity index (χ0v) is 12.7. The molecule has 0 aliphatic heterocycles. The van der Waals surface area contributed by atoms with E-state index < -0.39 is 0 Å². The summed E-state index contributed by atoms with van der Waals surface area (Å²) in [7, 11) is 1.94. The number of benzene rings is 1. The molecule has 0 saturated heterocycles. The predicted molar refractivity (Wildman–Crippen MR) is 80.4 cm³/mol. The van der Waals surface area contributed by atoms with Gasteiger partial charge in [-0.1, -0.05) is 6.07 Å². The Kier molecular flexibility index (Phi) is 5.23. The second-order valence-corrected chi connectivity index (χ2v) is 5.66. The van der Waals surface area contributed by atoms with Crippen LogP contribution in [0.4, 0.5) is 0 Å². The van der Waals surface area contributed by atoms with Crippen molar-refractivity contribution >= 4 is 27.3 Å². The lowest BCUT2D eigenvalue weighted by Crippen LogP contribution is -2.05. The van der Waals surface area contributed by atoms with E-state index in [-0.39, 0.29) is 0 Å². The van der Waals surface area contributed by atoms with Gasteiger partial charge in [-0.05, 0) is 63.1 Å². The van der Waals surface area contributed by atoms with Crippen molar-refractivity contribution < 1.29 is 4.74 Å². The molecule has 0 amide bonds. The molecule has 1 aromatic carbocycles. The number of thiophene rings is 1. The molecule has 0 atom stereocenters. The van der Waals surface area contributed by atoms with Crippen molar-refractivity contribution in [1.82, 2.24) is 5.32 Å². The van der Waals surface area contributed by atoms with E-state index >= 15 is 0 Å². The second-order valence-electron chi connectivity index (χ2n) is 4.03. The highest BCUT2D eigenvalue weighted by atomic mass is 79.9. The van der Waals surface area contributed by atoms with Crippen molar-refractivity contribution in [3.8, 4) is 5.75 Å². The molecule has 4 heteroatoms. The number of ether oxygens (including phenoxy) is 1. The minimum absolute atomic E-state index is 0.709. The van der Waals surface area contributed by atoms with Gasteiger partial charge in [-0.2, -0.15) is 11.3 Å². The lowest BCUT2D eigenvalue weighted by molar-refractivity contribution is 0.320. The van der Waals surface area contributed by atoms with Gasteiger partial charge in [0.1, 0.15) is 5.75 Å². The van der Waals surface area contributed by atoms with Crippen LogP contribution in [0, 0.1) is 0 Å². The van der Waals surface area contributed by atoms with E-state index in [4.69, 9.17) is 4.74 Å². The fourth-order valence-electron chi connectivity index (χ4n) is 1.69. The van der Waals surface area contributed by atoms with Gasteiger partial charge < -0.3 is 10.1 Å². The van der Waals surface area contributed by atoms with Gasteiger partial charge in [0, 0.05) is 13.0 Å². The maximum Gasteiger partial charge on any atom is 0.133 e. The summed E-state index contributed by atoms with van der Waals surface area (Å²) in [6, 6.07) is 8.33. The minimum atomic E-state index is 0.709. The largest absolute Gasteiger partial charge is 0.492 e. The number of hydrogen-bond donors (Lipinski definition) is 1. The minimum Gasteiger partial charge on any atom is -0.492 e. The number of nitrogens with one attached hydrogen (secondary N) is 1. The Morgan fingerprint density at radius 1 is 1.28 bits per heavy atom. The maximum absolute atomic E-state index is 5.78. The average molecular weight is 326 g/mol. The van der Waals surface area contributed by atoms with E-state index in [2.05, 4.69) is 50.2 Å². The molecule has 1 aromatic heterocycles.